The van der Waals surface area contributed by atoms with Gasteiger partial charge in [-0.3, -0.25) is 10.1 Å². The van der Waals surface area contributed by atoms with Gasteiger partial charge in [0.2, 0.25) is 0 Å². The number of nitrogen functional groups attached to an aromatic ring is 1. The Labute approximate surface area is 91.2 Å². The maximum absolute atomic E-state index is 10.8. The Morgan fingerprint density at radius 2 is 2.25 bits per heavy atom. The number of nitrogens with zero attached hydrogens (tertiary/aromatic N) is 1. The summed E-state index contributed by atoms with van der Waals surface area (Å²) < 4.78 is 4.29. The average Bonchev–Trinajstić information content (AvgIpc) is 2.25. The van der Waals surface area contributed by atoms with Crippen LogP contribution in [0.3, 0.4) is 0 Å². The van der Waals surface area contributed by atoms with E-state index in [9.17, 15) is 14.9 Å². The molecule has 82 valence electrons. The molecule has 0 fully saturated rings. The van der Waals surface area contributed by atoms with Crippen molar-refractivity contribution in [2.45, 2.75) is 0 Å². The second-order valence-corrected chi connectivity index (χ2v) is 2.78. The number of ether oxygens (including phenoxy) is 1. The number of esters is 1. The molecule has 0 atom stereocenters. The number of carbonyl (C=O) groups excluding carboxylic acids is 1. The molecule has 1 rings (SSSR count). The third-order valence-corrected chi connectivity index (χ3v) is 1.70. The lowest BCUT2D eigenvalue weighted by atomic mass is 10.1. The molecule has 1 aromatic carbocycles. The van der Waals surface area contributed by atoms with Gasteiger partial charge in [0.1, 0.15) is 5.56 Å². The Bertz CT molecular complexity index is 499. The Kier molecular flexibility index (Phi) is 3.45. The maximum Gasteiger partial charge on any atom is 0.384 e. The molecule has 0 radical (unpaired) electrons. The zero-order valence-electron chi connectivity index (χ0n) is 8.39. The Balaban J connectivity index is 3.19. The summed E-state index contributed by atoms with van der Waals surface area (Å²) in [5.41, 5.74) is 5.67. The third-order valence-electron chi connectivity index (χ3n) is 1.70. The van der Waals surface area contributed by atoms with Gasteiger partial charge >= 0.3 is 5.97 Å². The molecule has 0 amide bonds. The highest BCUT2D eigenvalue weighted by atomic mass is 16.6. The molecule has 0 saturated carbocycles. The highest BCUT2D eigenvalue weighted by molar-refractivity contribution is 5.89. The van der Waals surface area contributed by atoms with E-state index in [2.05, 4.69) is 16.6 Å². The van der Waals surface area contributed by atoms with Gasteiger partial charge in [-0.2, -0.15) is 0 Å². The van der Waals surface area contributed by atoms with Gasteiger partial charge in [0.05, 0.1) is 12.0 Å². The SMILES string of the molecule is COC(=O)C#Cc1cc(N)ccc1[N+](=O)[O-]. The number of methoxy groups -OCH3 is 1. The molecule has 0 saturated heterocycles. The molecule has 16 heavy (non-hydrogen) atoms. The smallest absolute Gasteiger partial charge is 0.384 e. The van der Waals surface area contributed by atoms with Crippen molar-refractivity contribution in [3.05, 3.63) is 33.9 Å². The minimum Gasteiger partial charge on any atom is -0.459 e. The number of rotatable bonds is 1. The minimum atomic E-state index is -0.767. The van der Waals surface area contributed by atoms with Crippen LogP contribution in [0.4, 0.5) is 11.4 Å². The standard InChI is InChI=1S/C10H8N2O4/c1-16-10(13)5-2-7-6-8(11)3-4-9(7)12(14)15/h3-4,6H,11H2,1H3. The maximum atomic E-state index is 10.8. The predicted molar refractivity (Wildman–Crippen MR) is 56.4 cm³/mol. The zero-order chi connectivity index (χ0) is 12.1. The number of carbonyl (C=O) groups is 1. The number of nitro benzene ring substituents is 1. The first-order chi connectivity index (χ1) is 7.54. The lowest BCUT2D eigenvalue weighted by molar-refractivity contribution is -0.385. The van der Waals surface area contributed by atoms with Gasteiger partial charge in [-0.15, -0.1) is 0 Å². The van der Waals surface area contributed by atoms with Gasteiger partial charge in [-0.25, -0.2) is 4.79 Å². The summed E-state index contributed by atoms with van der Waals surface area (Å²) in [4.78, 5) is 20.8. The molecule has 0 unspecified atom stereocenters. The quantitative estimate of drug-likeness (QED) is 0.247. The van der Waals surface area contributed by atoms with Crippen molar-refractivity contribution >= 4 is 17.3 Å². The average molecular weight is 220 g/mol. The molecular weight excluding hydrogens is 212 g/mol. The summed E-state index contributed by atoms with van der Waals surface area (Å²) in [5.74, 6) is 3.67. The fourth-order valence-electron chi connectivity index (χ4n) is 0.982. The van der Waals surface area contributed by atoms with Crippen LogP contribution in [-0.2, 0) is 9.53 Å². The van der Waals surface area contributed by atoms with Crippen LogP contribution in [0.15, 0.2) is 18.2 Å². The number of hydrogen-bond acceptors (Lipinski definition) is 5. The topological polar surface area (TPSA) is 95.5 Å². The second kappa shape index (κ2) is 4.79. The van der Waals surface area contributed by atoms with Gasteiger partial charge in [0.15, 0.2) is 0 Å². The third kappa shape index (κ3) is 2.72. The summed E-state index contributed by atoms with van der Waals surface area (Å²) in [6.07, 6.45) is 0. The predicted octanol–water partition coefficient (Wildman–Crippen LogP) is 0.702. The Morgan fingerprint density at radius 3 is 2.81 bits per heavy atom. The summed E-state index contributed by atoms with van der Waals surface area (Å²) in [6, 6.07) is 3.95. The second-order valence-electron chi connectivity index (χ2n) is 2.78. The summed E-state index contributed by atoms with van der Waals surface area (Å²) in [5, 5.41) is 10.6. The van der Waals surface area contributed by atoms with Gasteiger partial charge in [0.25, 0.3) is 5.69 Å². The van der Waals surface area contributed by atoms with Crippen LogP contribution in [-0.4, -0.2) is 18.0 Å². The van der Waals surface area contributed by atoms with Gasteiger partial charge in [0, 0.05) is 17.7 Å². The van der Waals surface area contributed by atoms with E-state index >= 15 is 0 Å². The van der Waals surface area contributed by atoms with Gasteiger partial charge in [-0.1, -0.05) is 0 Å². The number of nitro groups is 1. The number of nitrogens with two attached hydrogens (primary N) is 1. The van der Waals surface area contributed by atoms with Crippen molar-refractivity contribution in [2.24, 2.45) is 0 Å². The van der Waals surface area contributed by atoms with Crippen LogP contribution in [0.5, 0.6) is 0 Å². The van der Waals surface area contributed by atoms with Crippen LogP contribution in [0.25, 0.3) is 0 Å². The lowest BCUT2D eigenvalue weighted by Crippen LogP contribution is -1.97. The van der Waals surface area contributed by atoms with E-state index in [0.29, 0.717) is 5.69 Å². The van der Waals surface area contributed by atoms with E-state index in [-0.39, 0.29) is 11.3 Å². The molecule has 0 spiro atoms. The lowest BCUT2D eigenvalue weighted by Gasteiger charge is -1.96. The molecule has 1 aromatic rings. The van der Waals surface area contributed by atoms with E-state index in [1.807, 2.05) is 0 Å². The number of hydrogen-bond donors (Lipinski definition) is 1. The minimum absolute atomic E-state index is 0.0791. The molecule has 0 heterocycles. The first-order valence-electron chi connectivity index (χ1n) is 4.18. The van der Waals surface area contributed by atoms with Crippen molar-refractivity contribution in [3.63, 3.8) is 0 Å². The highest BCUT2D eigenvalue weighted by Crippen LogP contribution is 2.19. The fourth-order valence-corrected chi connectivity index (χ4v) is 0.982. The first-order valence-corrected chi connectivity index (χ1v) is 4.18. The molecule has 0 aromatic heterocycles. The van der Waals surface area contributed by atoms with Crippen LogP contribution in [0, 0.1) is 22.0 Å². The summed E-state index contributed by atoms with van der Waals surface area (Å²) in [6.45, 7) is 0. The van der Waals surface area contributed by atoms with Crippen molar-refractivity contribution in [2.75, 3.05) is 12.8 Å². The van der Waals surface area contributed by atoms with Gasteiger partial charge in [-0.05, 0) is 18.1 Å². The molecule has 0 aliphatic carbocycles. The zero-order valence-corrected chi connectivity index (χ0v) is 8.39. The monoisotopic (exact) mass is 220 g/mol. The number of anilines is 1. The normalized spacial score (nSPS) is 8.81. The van der Waals surface area contributed by atoms with Crippen molar-refractivity contribution in [3.8, 4) is 11.8 Å². The molecule has 6 nitrogen and oxygen atoms in total. The first kappa shape index (κ1) is 11.5. The molecule has 0 bridgehead atoms. The van der Waals surface area contributed by atoms with Crippen molar-refractivity contribution in [1.82, 2.24) is 0 Å². The van der Waals surface area contributed by atoms with Crippen LogP contribution in [0.1, 0.15) is 5.56 Å². The van der Waals surface area contributed by atoms with E-state index in [1.54, 1.807) is 0 Å². The molecular formula is C10H8N2O4. The number of benzene rings is 1. The van der Waals surface area contributed by atoms with E-state index < -0.39 is 10.9 Å². The van der Waals surface area contributed by atoms with Crippen LogP contribution >= 0.6 is 0 Å². The van der Waals surface area contributed by atoms with Crippen LogP contribution < -0.4 is 5.73 Å². The Hall–Kier alpha value is -2.55. The molecule has 0 aliphatic heterocycles. The van der Waals surface area contributed by atoms with Crippen molar-refractivity contribution < 1.29 is 14.5 Å². The molecule has 0 aliphatic rings. The van der Waals surface area contributed by atoms with E-state index in [1.165, 1.54) is 25.3 Å². The highest BCUT2D eigenvalue weighted by Gasteiger charge is 2.11. The molecule has 2 N–H and O–H groups in total. The largest absolute Gasteiger partial charge is 0.459 e. The van der Waals surface area contributed by atoms with Crippen LogP contribution in [0.2, 0.25) is 0 Å². The Morgan fingerprint density at radius 1 is 1.56 bits per heavy atom. The fraction of sp³-hybridized carbons (Fsp3) is 0.100. The van der Waals surface area contributed by atoms with Crippen molar-refractivity contribution in [1.29, 1.82) is 0 Å². The van der Waals surface area contributed by atoms with E-state index in [0.717, 1.165) is 0 Å². The van der Waals surface area contributed by atoms with Gasteiger partial charge < -0.3 is 10.5 Å². The summed E-state index contributed by atoms with van der Waals surface area (Å²) >= 11 is 0. The summed E-state index contributed by atoms with van der Waals surface area (Å²) in [7, 11) is 1.17. The van der Waals surface area contributed by atoms with E-state index in [4.69, 9.17) is 5.73 Å². The molecule has 6 heteroatoms.